The highest BCUT2D eigenvalue weighted by Gasteiger charge is 2.21. The van der Waals surface area contributed by atoms with Gasteiger partial charge in [-0.1, -0.05) is 7.43 Å². The molecule has 1 atom stereocenters. The third-order valence-electron chi connectivity index (χ3n) is 0.755. The fourth-order valence-electron chi connectivity index (χ4n) is 0.350. The first-order chi connectivity index (χ1) is 4.93. The molecule has 1 unspecified atom stereocenters. The summed E-state index contributed by atoms with van der Waals surface area (Å²) >= 11 is 0. The van der Waals surface area contributed by atoms with Gasteiger partial charge in [0.25, 0.3) is 0 Å². The number of hydrogen-bond donors (Lipinski definition) is 2. The highest BCUT2D eigenvalue weighted by molar-refractivity contribution is 4.66. The average Bonchev–Trinajstić information content (AvgIpc) is 2.81. The lowest BCUT2D eigenvalue weighted by atomic mass is 10.5. The van der Waals surface area contributed by atoms with Gasteiger partial charge in [-0.25, -0.2) is 0 Å². The summed E-state index contributed by atoms with van der Waals surface area (Å²) in [5.74, 6) is 0. The van der Waals surface area contributed by atoms with E-state index in [4.69, 9.17) is 14.6 Å². The van der Waals surface area contributed by atoms with Gasteiger partial charge < -0.3 is 20.3 Å². The van der Waals surface area contributed by atoms with E-state index in [1.165, 1.54) is 7.05 Å². The van der Waals surface area contributed by atoms with E-state index >= 15 is 0 Å². The number of aliphatic hydroxyl groups excluding tert-OH is 1. The Morgan fingerprint density at radius 3 is 2.00 bits per heavy atom. The molecule has 1 fully saturated rings. The van der Waals surface area contributed by atoms with Gasteiger partial charge in [-0.15, -0.1) is 0 Å². The van der Waals surface area contributed by atoms with Crippen LogP contribution in [0.2, 0.25) is 0 Å². The maximum atomic E-state index is 7.00. The Morgan fingerprint density at radius 1 is 1.55 bits per heavy atom. The second-order valence-electron chi connectivity index (χ2n) is 1.41. The van der Waals surface area contributed by atoms with E-state index < -0.39 is 0 Å². The van der Waals surface area contributed by atoms with Crippen LogP contribution in [0.4, 0.5) is 0 Å². The Bertz CT molecular complexity index is 49.0. The van der Waals surface area contributed by atoms with Gasteiger partial charge >= 0.3 is 0 Å². The summed E-state index contributed by atoms with van der Waals surface area (Å²) in [6.45, 7) is 1.66. The van der Waals surface area contributed by atoms with Crippen LogP contribution < -0.4 is 5.73 Å². The third kappa shape index (κ3) is 17.7. The molecule has 0 saturated carbocycles. The molecule has 0 aromatic heterocycles. The van der Waals surface area contributed by atoms with Gasteiger partial charge in [0.05, 0.1) is 13.2 Å². The quantitative estimate of drug-likeness (QED) is 0.561. The van der Waals surface area contributed by atoms with Gasteiger partial charge in [0, 0.05) is 14.2 Å². The van der Waals surface area contributed by atoms with Crippen molar-refractivity contribution in [2.45, 2.75) is 13.5 Å². The Kier molecular flexibility index (Phi) is 25.5. The zero-order valence-electron chi connectivity index (χ0n) is 6.83. The van der Waals surface area contributed by atoms with Crippen molar-refractivity contribution in [2.75, 3.05) is 34.5 Å². The van der Waals surface area contributed by atoms with E-state index in [2.05, 4.69) is 5.73 Å². The fourth-order valence-corrected chi connectivity index (χ4v) is 0.350. The topological polar surface area (TPSA) is 68.0 Å². The number of aliphatic hydroxyl groups is 1. The number of methoxy groups -OCH3 is 1. The Balaban J connectivity index is -0.000000114. The number of rotatable bonds is 2. The molecule has 3 N–H and O–H groups in total. The maximum absolute atomic E-state index is 7.00. The third-order valence-corrected chi connectivity index (χ3v) is 0.755. The first kappa shape index (κ1) is 17.1. The molecule has 0 aliphatic carbocycles. The van der Waals surface area contributed by atoms with Crippen molar-refractivity contribution in [1.29, 1.82) is 0 Å². The normalized spacial score (nSPS) is 17.7. The van der Waals surface area contributed by atoms with E-state index in [0.717, 1.165) is 20.3 Å². The maximum Gasteiger partial charge on any atom is 0.104 e. The first-order valence-electron chi connectivity index (χ1n) is 3.06. The Labute approximate surface area is 69.3 Å². The van der Waals surface area contributed by atoms with Gasteiger partial charge in [0.1, 0.15) is 6.10 Å². The molecule has 4 nitrogen and oxygen atoms in total. The predicted octanol–water partition coefficient (Wildman–Crippen LogP) is -0.149. The molecular weight excluding hydrogens is 146 g/mol. The lowest BCUT2D eigenvalue weighted by Gasteiger charge is -1.84. The van der Waals surface area contributed by atoms with Gasteiger partial charge in [0.15, 0.2) is 0 Å². The molecule has 4 heteroatoms. The second-order valence-corrected chi connectivity index (χ2v) is 1.41. The van der Waals surface area contributed by atoms with Crippen LogP contribution in [-0.2, 0) is 9.47 Å². The van der Waals surface area contributed by atoms with Crippen molar-refractivity contribution in [2.24, 2.45) is 5.73 Å². The molecule has 11 heavy (non-hydrogen) atoms. The van der Waals surface area contributed by atoms with Crippen LogP contribution in [0, 0.1) is 0 Å². The van der Waals surface area contributed by atoms with Crippen molar-refractivity contribution in [3.05, 3.63) is 0 Å². The summed E-state index contributed by atoms with van der Waals surface area (Å²) in [4.78, 5) is 0. The fraction of sp³-hybridized carbons (Fsp3) is 1.00. The average molecular weight is 167 g/mol. The van der Waals surface area contributed by atoms with Crippen LogP contribution in [0.25, 0.3) is 0 Å². The van der Waals surface area contributed by atoms with Gasteiger partial charge in [-0.2, -0.15) is 0 Å². The van der Waals surface area contributed by atoms with Crippen LogP contribution in [-0.4, -0.2) is 45.7 Å². The van der Waals surface area contributed by atoms with Crippen molar-refractivity contribution in [3.63, 3.8) is 0 Å². The Morgan fingerprint density at radius 2 is 1.91 bits per heavy atom. The summed E-state index contributed by atoms with van der Waals surface area (Å²) in [6.07, 6.45) is 0.426. The minimum Gasteiger partial charge on any atom is -0.400 e. The highest BCUT2D eigenvalue weighted by atomic mass is 16.6. The van der Waals surface area contributed by atoms with Crippen LogP contribution in [0.15, 0.2) is 0 Å². The molecule has 1 aliphatic heterocycles. The van der Waals surface area contributed by atoms with Crippen LogP contribution in [0.5, 0.6) is 0 Å². The van der Waals surface area contributed by atoms with E-state index in [1.54, 1.807) is 7.11 Å². The number of ether oxygens (including phenoxy) is 2. The zero-order chi connectivity index (χ0) is 8.41. The van der Waals surface area contributed by atoms with E-state index in [0.29, 0.717) is 6.10 Å². The standard InChI is InChI=1S/C4H8O2.CH5N.CH4O.CH4/c1-5-2-4-3-6-4;2*1-2;/h4H,2-3H2,1H3;2H2,1H3;2H,1H3;1H4. The lowest BCUT2D eigenvalue weighted by molar-refractivity contribution is 0.171. The van der Waals surface area contributed by atoms with E-state index in [-0.39, 0.29) is 7.43 Å². The van der Waals surface area contributed by atoms with Crippen LogP contribution >= 0.6 is 0 Å². The molecule has 1 aliphatic rings. The summed E-state index contributed by atoms with van der Waals surface area (Å²) in [7, 11) is 4.18. The molecule has 0 amide bonds. The predicted molar refractivity (Wildman–Crippen MR) is 46.6 cm³/mol. The highest BCUT2D eigenvalue weighted by Crippen LogP contribution is 2.06. The number of nitrogens with two attached hydrogens (primary N) is 1. The van der Waals surface area contributed by atoms with Gasteiger partial charge in [-0.3, -0.25) is 0 Å². The first-order valence-corrected chi connectivity index (χ1v) is 3.06. The minimum absolute atomic E-state index is 0. The minimum atomic E-state index is 0. The molecule has 1 rings (SSSR count). The zero-order valence-corrected chi connectivity index (χ0v) is 6.83. The molecule has 0 aromatic carbocycles. The molecule has 0 spiro atoms. The van der Waals surface area contributed by atoms with Crippen molar-refractivity contribution in [1.82, 2.24) is 0 Å². The number of epoxide rings is 1. The SMILES string of the molecule is C.CN.CO.COCC1CO1. The molecule has 0 aromatic rings. The molecule has 0 radical (unpaired) electrons. The van der Waals surface area contributed by atoms with E-state index in [9.17, 15) is 0 Å². The van der Waals surface area contributed by atoms with Crippen LogP contribution in [0.1, 0.15) is 7.43 Å². The van der Waals surface area contributed by atoms with Crippen molar-refractivity contribution in [3.8, 4) is 0 Å². The lowest BCUT2D eigenvalue weighted by Crippen LogP contribution is -1.94. The van der Waals surface area contributed by atoms with Gasteiger partial charge in [-0.05, 0) is 7.05 Å². The smallest absolute Gasteiger partial charge is 0.104 e. The summed E-state index contributed by atoms with van der Waals surface area (Å²) in [5, 5.41) is 7.00. The Hall–Kier alpha value is -0.160. The van der Waals surface area contributed by atoms with Crippen molar-refractivity contribution >= 4 is 0 Å². The summed E-state index contributed by atoms with van der Waals surface area (Å²) < 4.78 is 9.56. The van der Waals surface area contributed by atoms with Crippen LogP contribution in [0.3, 0.4) is 0 Å². The molecule has 72 valence electrons. The largest absolute Gasteiger partial charge is 0.400 e. The number of hydrogen-bond acceptors (Lipinski definition) is 4. The second kappa shape index (κ2) is 16.4. The van der Waals surface area contributed by atoms with Crippen molar-refractivity contribution < 1.29 is 14.6 Å². The summed E-state index contributed by atoms with van der Waals surface area (Å²) in [6, 6.07) is 0. The molecular formula is C7H21NO3. The molecule has 0 bridgehead atoms. The molecule has 1 heterocycles. The molecule has 1 saturated heterocycles. The summed E-state index contributed by atoms with van der Waals surface area (Å²) in [5.41, 5.74) is 4.50. The van der Waals surface area contributed by atoms with Gasteiger partial charge in [0.2, 0.25) is 0 Å². The monoisotopic (exact) mass is 167 g/mol. The van der Waals surface area contributed by atoms with E-state index in [1.807, 2.05) is 0 Å².